The van der Waals surface area contributed by atoms with Gasteiger partial charge in [0.25, 0.3) is 5.56 Å². The Balaban J connectivity index is 1.32. The number of urea groups is 1. The number of aromatic nitrogens is 2. The highest BCUT2D eigenvalue weighted by atomic mass is 16.2. The molecule has 0 bridgehead atoms. The van der Waals surface area contributed by atoms with Crippen molar-refractivity contribution in [3.05, 3.63) is 52.8 Å². The Hall–Kier alpha value is -3.16. The number of hydrogen-bond donors (Lipinski definition) is 1. The van der Waals surface area contributed by atoms with E-state index < -0.39 is 0 Å². The lowest BCUT2D eigenvalue weighted by molar-refractivity contribution is -0.133. The van der Waals surface area contributed by atoms with E-state index in [1.807, 2.05) is 30.3 Å². The Labute approximate surface area is 181 Å². The lowest BCUT2D eigenvalue weighted by Crippen LogP contribution is -2.55. The summed E-state index contributed by atoms with van der Waals surface area (Å²) >= 11 is 0. The van der Waals surface area contributed by atoms with Crippen molar-refractivity contribution in [3.63, 3.8) is 0 Å². The van der Waals surface area contributed by atoms with Crippen molar-refractivity contribution >= 4 is 11.9 Å². The van der Waals surface area contributed by atoms with E-state index in [-0.39, 0.29) is 30.1 Å². The Bertz CT molecular complexity index is 961. The summed E-state index contributed by atoms with van der Waals surface area (Å²) in [6.07, 6.45) is 5.69. The summed E-state index contributed by atoms with van der Waals surface area (Å²) in [5, 5.41) is 7.50. The van der Waals surface area contributed by atoms with Crippen LogP contribution in [-0.4, -0.2) is 63.7 Å². The summed E-state index contributed by atoms with van der Waals surface area (Å²) in [6.45, 7) is 1.81. The van der Waals surface area contributed by atoms with Gasteiger partial charge in [0, 0.05) is 43.9 Å². The first kappa shape index (κ1) is 21.1. The van der Waals surface area contributed by atoms with Gasteiger partial charge in [-0.15, -0.1) is 0 Å². The number of rotatable bonds is 4. The van der Waals surface area contributed by atoms with Crippen molar-refractivity contribution in [1.82, 2.24) is 24.9 Å². The van der Waals surface area contributed by atoms with Gasteiger partial charge in [0.15, 0.2) is 0 Å². The van der Waals surface area contributed by atoms with Crippen molar-refractivity contribution in [2.45, 2.75) is 44.7 Å². The van der Waals surface area contributed by atoms with E-state index in [0.717, 1.165) is 18.4 Å². The minimum atomic E-state index is -0.307. The standard InChI is InChI=1S/C23H29N5O3/c29-21-12-11-20(18-7-3-1-4-8-18)25-28(21)17-22(30)26-13-15-27(16-14-26)23(31)24-19-9-5-2-6-10-19/h1,3-4,7-8,11-12,19H,2,5-6,9-10,13-17H2,(H,24,31). The van der Waals surface area contributed by atoms with Crippen molar-refractivity contribution in [2.75, 3.05) is 26.2 Å². The minimum absolute atomic E-state index is 0.0348. The number of piperazine rings is 1. The summed E-state index contributed by atoms with van der Waals surface area (Å²) < 4.78 is 1.22. The lowest BCUT2D eigenvalue weighted by atomic mass is 9.96. The van der Waals surface area contributed by atoms with E-state index in [1.165, 1.54) is 30.0 Å². The molecule has 3 amide bonds. The van der Waals surface area contributed by atoms with Crippen LogP contribution in [0.15, 0.2) is 47.3 Å². The van der Waals surface area contributed by atoms with Gasteiger partial charge in [-0.2, -0.15) is 5.10 Å². The van der Waals surface area contributed by atoms with E-state index in [4.69, 9.17) is 0 Å². The van der Waals surface area contributed by atoms with Gasteiger partial charge in [0.05, 0.1) is 5.69 Å². The monoisotopic (exact) mass is 423 g/mol. The molecule has 0 unspecified atom stereocenters. The lowest BCUT2D eigenvalue weighted by Gasteiger charge is -2.36. The molecule has 8 nitrogen and oxygen atoms in total. The number of nitrogens with one attached hydrogen (secondary N) is 1. The van der Waals surface area contributed by atoms with E-state index >= 15 is 0 Å². The van der Waals surface area contributed by atoms with Crippen LogP contribution in [0.5, 0.6) is 0 Å². The predicted octanol–water partition coefficient (Wildman–Crippen LogP) is 2.10. The van der Waals surface area contributed by atoms with Crippen LogP contribution in [0, 0.1) is 0 Å². The van der Waals surface area contributed by atoms with E-state index in [9.17, 15) is 14.4 Å². The maximum absolute atomic E-state index is 12.8. The highest BCUT2D eigenvalue weighted by Gasteiger charge is 2.26. The van der Waals surface area contributed by atoms with Gasteiger partial charge >= 0.3 is 6.03 Å². The van der Waals surface area contributed by atoms with Crippen molar-refractivity contribution in [2.24, 2.45) is 0 Å². The molecule has 0 radical (unpaired) electrons. The fraction of sp³-hybridized carbons (Fsp3) is 0.478. The normalized spacial score (nSPS) is 17.4. The average molecular weight is 424 g/mol. The van der Waals surface area contributed by atoms with Gasteiger partial charge in [-0.1, -0.05) is 49.6 Å². The van der Waals surface area contributed by atoms with Gasteiger partial charge in [0.1, 0.15) is 6.54 Å². The number of benzene rings is 1. The molecule has 2 aromatic rings. The SMILES string of the molecule is O=C(Cn1nc(-c2ccccc2)ccc1=O)N1CCN(C(=O)NC2CCCCC2)CC1. The van der Waals surface area contributed by atoms with Crippen molar-refractivity contribution < 1.29 is 9.59 Å². The molecule has 1 aromatic heterocycles. The molecular formula is C23H29N5O3. The molecule has 8 heteroatoms. The second-order valence-electron chi connectivity index (χ2n) is 8.23. The molecule has 31 heavy (non-hydrogen) atoms. The second-order valence-corrected chi connectivity index (χ2v) is 8.23. The van der Waals surface area contributed by atoms with Crippen LogP contribution in [0.25, 0.3) is 11.3 Å². The fourth-order valence-corrected chi connectivity index (χ4v) is 4.22. The largest absolute Gasteiger partial charge is 0.338 e. The number of nitrogens with zero attached hydrogens (tertiary/aromatic N) is 4. The predicted molar refractivity (Wildman–Crippen MR) is 117 cm³/mol. The van der Waals surface area contributed by atoms with Crippen LogP contribution in [0.1, 0.15) is 32.1 Å². The zero-order valence-electron chi connectivity index (χ0n) is 17.7. The second kappa shape index (κ2) is 9.76. The summed E-state index contributed by atoms with van der Waals surface area (Å²) in [5.74, 6) is -0.160. The Kier molecular flexibility index (Phi) is 6.64. The van der Waals surface area contributed by atoms with E-state index in [1.54, 1.807) is 15.9 Å². The molecule has 164 valence electrons. The van der Waals surface area contributed by atoms with Gasteiger partial charge in [0.2, 0.25) is 5.91 Å². The molecule has 1 aliphatic carbocycles. The highest BCUT2D eigenvalue weighted by Crippen LogP contribution is 2.18. The maximum Gasteiger partial charge on any atom is 0.317 e. The third kappa shape index (κ3) is 5.31. The summed E-state index contributed by atoms with van der Waals surface area (Å²) in [5.41, 5.74) is 1.23. The van der Waals surface area contributed by atoms with Crippen molar-refractivity contribution in [1.29, 1.82) is 0 Å². The first-order valence-corrected chi connectivity index (χ1v) is 11.1. The van der Waals surface area contributed by atoms with Crippen LogP contribution in [0.3, 0.4) is 0 Å². The average Bonchev–Trinajstić information content (AvgIpc) is 2.82. The minimum Gasteiger partial charge on any atom is -0.338 e. The molecule has 1 N–H and O–H groups in total. The summed E-state index contributed by atoms with van der Waals surface area (Å²) in [7, 11) is 0. The first-order chi connectivity index (χ1) is 15.1. The third-order valence-corrected chi connectivity index (χ3v) is 6.07. The molecule has 1 saturated carbocycles. The Morgan fingerprint density at radius 1 is 0.903 bits per heavy atom. The molecular weight excluding hydrogens is 394 g/mol. The number of carbonyl (C=O) groups is 2. The highest BCUT2D eigenvalue weighted by molar-refractivity contribution is 5.77. The van der Waals surface area contributed by atoms with Gasteiger partial charge < -0.3 is 15.1 Å². The first-order valence-electron chi connectivity index (χ1n) is 11.1. The van der Waals surface area contributed by atoms with Gasteiger partial charge in [-0.3, -0.25) is 9.59 Å². The third-order valence-electron chi connectivity index (χ3n) is 6.07. The molecule has 2 heterocycles. The molecule has 2 aliphatic rings. The van der Waals surface area contributed by atoms with Crippen LogP contribution in [0.2, 0.25) is 0 Å². The zero-order chi connectivity index (χ0) is 21.6. The van der Waals surface area contributed by atoms with Gasteiger partial charge in [-0.05, 0) is 18.9 Å². The fourth-order valence-electron chi connectivity index (χ4n) is 4.22. The number of amides is 3. The summed E-state index contributed by atoms with van der Waals surface area (Å²) in [4.78, 5) is 41.0. The molecule has 1 aromatic carbocycles. The van der Waals surface area contributed by atoms with E-state index in [0.29, 0.717) is 31.9 Å². The molecule has 2 fully saturated rings. The smallest absolute Gasteiger partial charge is 0.317 e. The van der Waals surface area contributed by atoms with E-state index in [2.05, 4.69) is 10.4 Å². The van der Waals surface area contributed by atoms with Gasteiger partial charge in [-0.25, -0.2) is 9.48 Å². The zero-order valence-corrected chi connectivity index (χ0v) is 17.7. The Morgan fingerprint density at radius 3 is 2.29 bits per heavy atom. The number of carbonyl (C=O) groups excluding carboxylic acids is 2. The van der Waals surface area contributed by atoms with Crippen LogP contribution >= 0.6 is 0 Å². The van der Waals surface area contributed by atoms with Crippen LogP contribution in [0.4, 0.5) is 4.79 Å². The Morgan fingerprint density at radius 2 is 1.58 bits per heavy atom. The van der Waals surface area contributed by atoms with Crippen molar-refractivity contribution in [3.8, 4) is 11.3 Å². The molecule has 4 rings (SSSR count). The quantitative estimate of drug-likeness (QED) is 0.816. The van der Waals surface area contributed by atoms with Crippen LogP contribution < -0.4 is 10.9 Å². The maximum atomic E-state index is 12.8. The molecule has 1 saturated heterocycles. The molecule has 0 spiro atoms. The number of hydrogen-bond acceptors (Lipinski definition) is 4. The van der Waals surface area contributed by atoms with Crippen LogP contribution in [-0.2, 0) is 11.3 Å². The molecule has 1 aliphatic heterocycles. The summed E-state index contributed by atoms with van der Waals surface area (Å²) in [6, 6.07) is 12.9. The topological polar surface area (TPSA) is 87.5 Å². The molecule has 0 atom stereocenters.